The Balaban J connectivity index is 1.56. The van der Waals surface area contributed by atoms with Crippen LogP contribution in [0.1, 0.15) is 161 Å². The fourth-order valence-electron chi connectivity index (χ4n) is 11.8. The predicted octanol–water partition coefficient (Wildman–Crippen LogP) is -3.79. The van der Waals surface area contributed by atoms with Gasteiger partial charge in [-0.1, -0.05) is 6.92 Å². The van der Waals surface area contributed by atoms with Crippen LogP contribution in [0.3, 0.4) is 0 Å². The monoisotopic (exact) mass is 1730 g/mol. The highest BCUT2D eigenvalue weighted by Crippen LogP contribution is 2.35. The molecule has 42 nitrogen and oxygen atoms in total. The number of rotatable bonds is 63. The van der Waals surface area contributed by atoms with E-state index in [2.05, 4.69) is 31.9 Å². The van der Waals surface area contributed by atoms with E-state index in [0.29, 0.717) is 14.7 Å². The summed E-state index contributed by atoms with van der Waals surface area (Å²) in [6.07, 6.45) is -3.35. The second-order valence-electron chi connectivity index (χ2n) is 28.4. The maximum absolute atomic E-state index is 13.3. The Hall–Kier alpha value is -10.9. The van der Waals surface area contributed by atoms with Gasteiger partial charge in [-0.2, -0.15) is 35.3 Å². The number of ketones is 9. The zero-order valence-electron chi connectivity index (χ0n) is 66.6. The Morgan fingerprint density at radius 3 is 0.706 bits per heavy atom. The number of carboxylic acid groups (broad SMARTS) is 3. The van der Waals surface area contributed by atoms with Crippen LogP contribution < -0.4 is 31.9 Å². The van der Waals surface area contributed by atoms with Crippen LogP contribution in [0, 0.1) is 5.41 Å². The van der Waals surface area contributed by atoms with E-state index in [9.17, 15) is 145 Å². The van der Waals surface area contributed by atoms with Gasteiger partial charge in [0.25, 0.3) is 0 Å². The number of carbonyl (C=O) groups excluding carboxylic acids is 24. The van der Waals surface area contributed by atoms with Gasteiger partial charge < -0.3 is 61.9 Å². The molecular formula is C74H102N12O30S3. The molecule has 3 heterocycles. The number of likely N-dealkylation sites (tertiary alicyclic amines) is 3. The second-order valence-corrected chi connectivity index (χ2v) is 31.6. The molecule has 0 spiro atoms. The van der Waals surface area contributed by atoms with E-state index >= 15 is 0 Å². The van der Waals surface area contributed by atoms with E-state index in [0.717, 1.165) is 14.7 Å². The van der Waals surface area contributed by atoms with Gasteiger partial charge in [0.15, 0.2) is 52.0 Å². The van der Waals surface area contributed by atoms with E-state index in [-0.39, 0.29) is 96.7 Å². The third-order valence-corrected chi connectivity index (χ3v) is 21.8. The number of amides is 15. The van der Waals surface area contributed by atoms with Crippen molar-refractivity contribution in [2.45, 2.75) is 177 Å². The number of hydrogen-bond donors (Lipinski definition) is 9. The van der Waals surface area contributed by atoms with Gasteiger partial charge in [-0.05, 0) is 43.4 Å². The van der Waals surface area contributed by atoms with Crippen molar-refractivity contribution in [1.82, 2.24) is 61.3 Å². The quantitative estimate of drug-likeness (QED) is 0.0264. The number of carboxylic acids is 3. The van der Waals surface area contributed by atoms with Crippen molar-refractivity contribution in [2.24, 2.45) is 5.41 Å². The summed E-state index contributed by atoms with van der Waals surface area (Å²) in [7, 11) is 0. The highest BCUT2D eigenvalue weighted by molar-refractivity contribution is 8.00. The number of hydrogen-bond acceptors (Lipinski definition) is 30. The van der Waals surface area contributed by atoms with E-state index in [4.69, 9.17) is 0 Å². The number of carbonyl (C=O) groups is 27. The molecule has 3 aliphatic rings. The lowest BCUT2D eigenvalue weighted by Gasteiger charge is -2.29. The summed E-state index contributed by atoms with van der Waals surface area (Å²) < 4.78 is 0. The average Bonchev–Trinajstić information content (AvgIpc) is 1.70. The Kier molecular flexibility index (Phi) is 45.4. The van der Waals surface area contributed by atoms with Crippen LogP contribution in [0.15, 0.2) is 0 Å². The topological polar surface area (TPSA) is 613 Å². The van der Waals surface area contributed by atoms with E-state index < -0.39 is 335 Å². The molecule has 0 bridgehead atoms. The SMILES string of the molecule is CSC1CC(=O)N(CCC(=O)NCC(=O)CCC(=O)N(CC(=O)O)CC(=O)CCC(=O)NCC(=O)CCC(C)(CCC(=O)CNC(=O)CCC(=O)CN(CC(=O)O)C(=O)CCC(=O)CNC(=O)CCN2C(=O)CC(SC)C2=O)CCC(=O)CNC(=O)CCC(=O)CN(CC(=O)O)C(=O)CCC(=O)CNC(=O)CCN2C(=O)CC(SC)C2=O)C1=O. The molecule has 0 aromatic rings. The summed E-state index contributed by atoms with van der Waals surface area (Å²) in [5.41, 5.74) is -1.06. The lowest BCUT2D eigenvalue weighted by atomic mass is 9.76. The molecule has 9 N–H and O–H groups in total. The van der Waals surface area contributed by atoms with E-state index in [1.54, 1.807) is 25.7 Å². The minimum Gasteiger partial charge on any atom is -0.480 e. The molecule has 15 amide bonds. The molecule has 3 unspecified atom stereocenters. The molecule has 45 heteroatoms. The fourth-order valence-corrected chi connectivity index (χ4v) is 13.7. The largest absolute Gasteiger partial charge is 0.480 e. The van der Waals surface area contributed by atoms with Gasteiger partial charge in [0.05, 0.1) is 74.7 Å². The van der Waals surface area contributed by atoms with Gasteiger partial charge >= 0.3 is 17.9 Å². The third kappa shape index (κ3) is 40.0. The minimum atomic E-state index is -1.52. The Morgan fingerprint density at radius 1 is 0.303 bits per heavy atom. The van der Waals surface area contributed by atoms with Crippen molar-refractivity contribution < 1.29 is 145 Å². The number of thioether (sulfide) groups is 3. The van der Waals surface area contributed by atoms with Crippen molar-refractivity contribution in [3.63, 3.8) is 0 Å². The van der Waals surface area contributed by atoms with Gasteiger partial charge in [0.1, 0.15) is 19.6 Å². The van der Waals surface area contributed by atoms with Crippen LogP contribution in [0.5, 0.6) is 0 Å². The first-order chi connectivity index (χ1) is 56.0. The molecule has 3 rings (SSSR count). The zero-order chi connectivity index (χ0) is 89.2. The number of nitrogens with zero attached hydrogens (tertiary/aromatic N) is 6. The van der Waals surface area contributed by atoms with E-state index in [1.165, 1.54) is 35.3 Å². The summed E-state index contributed by atoms with van der Waals surface area (Å²) in [5.74, 6) is -20.5. The van der Waals surface area contributed by atoms with Crippen LogP contribution in [0.25, 0.3) is 0 Å². The Labute approximate surface area is 695 Å². The van der Waals surface area contributed by atoms with Crippen molar-refractivity contribution in [3.05, 3.63) is 0 Å². The van der Waals surface area contributed by atoms with Gasteiger partial charge in [-0.15, -0.1) is 0 Å². The molecule has 0 saturated carbocycles. The highest BCUT2D eigenvalue weighted by Gasteiger charge is 2.41. The first-order valence-electron chi connectivity index (χ1n) is 37.9. The lowest BCUT2D eigenvalue weighted by molar-refractivity contribution is -0.146. The first kappa shape index (κ1) is 102. The number of Topliss-reactive ketones (excluding diaryl/α,β-unsaturated/α-hetero) is 9. The molecule has 3 aliphatic heterocycles. The van der Waals surface area contributed by atoms with Gasteiger partial charge in [0.2, 0.25) is 88.6 Å². The Bertz CT molecular complexity index is 3520. The van der Waals surface area contributed by atoms with Gasteiger partial charge in [-0.3, -0.25) is 144 Å². The third-order valence-electron chi connectivity index (χ3n) is 19.0. The first-order valence-corrected chi connectivity index (χ1v) is 41.8. The van der Waals surface area contributed by atoms with E-state index in [1.807, 2.05) is 0 Å². The number of nitrogens with one attached hydrogen (secondary N) is 6. The lowest BCUT2D eigenvalue weighted by Crippen LogP contribution is -2.40. The molecular weight excluding hydrogens is 1630 g/mol. The van der Waals surface area contributed by atoms with Crippen LogP contribution in [-0.4, -0.2) is 336 Å². The van der Waals surface area contributed by atoms with Gasteiger partial charge in [0, 0.05) is 154 Å². The molecule has 0 aromatic heterocycles. The molecule has 119 heavy (non-hydrogen) atoms. The Morgan fingerprint density at radius 2 is 0.504 bits per heavy atom. The number of aliphatic carboxylic acids is 3. The summed E-state index contributed by atoms with van der Waals surface area (Å²) in [5, 5.41) is 40.7. The number of imide groups is 3. The van der Waals surface area contributed by atoms with Crippen LogP contribution in [0.2, 0.25) is 0 Å². The van der Waals surface area contributed by atoms with Crippen LogP contribution in [0.4, 0.5) is 0 Å². The van der Waals surface area contributed by atoms with Crippen molar-refractivity contribution in [2.75, 3.05) is 117 Å². The normalized spacial score (nSPS) is 15.4. The smallest absolute Gasteiger partial charge is 0.323 e. The highest BCUT2D eigenvalue weighted by atomic mass is 32.2. The maximum Gasteiger partial charge on any atom is 0.323 e. The molecule has 656 valence electrons. The molecule has 3 atom stereocenters. The molecule has 0 radical (unpaired) electrons. The molecule has 3 fully saturated rings. The van der Waals surface area contributed by atoms with Crippen molar-refractivity contribution in [1.29, 1.82) is 0 Å². The fraction of sp³-hybridized carbons (Fsp3) is 0.635. The molecule has 0 aromatic carbocycles. The molecule has 0 aliphatic carbocycles. The van der Waals surface area contributed by atoms with Crippen LogP contribution >= 0.6 is 35.3 Å². The minimum absolute atomic E-state index is 0.00833. The molecule has 3 saturated heterocycles. The van der Waals surface area contributed by atoms with Crippen molar-refractivity contribution in [3.8, 4) is 0 Å². The van der Waals surface area contributed by atoms with Crippen LogP contribution in [-0.2, 0) is 129 Å². The summed E-state index contributed by atoms with van der Waals surface area (Å²) in [4.78, 5) is 345. The summed E-state index contributed by atoms with van der Waals surface area (Å²) in [6.45, 7) is -7.70. The van der Waals surface area contributed by atoms with Gasteiger partial charge in [-0.25, -0.2) is 0 Å². The summed E-state index contributed by atoms with van der Waals surface area (Å²) >= 11 is 3.57. The maximum atomic E-state index is 13.3. The second kappa shape index (κ2) is 52.8. The summed E-state index contributed by atoms with van der Waals surface area (Å²) in [6, 6.07) is 0. The van der Waals surface area contributed by atoms with Crippen molar-refractivity contribution >= 4 is 194 Å². The average molecular weight is 1740 g/mol. The zero-order valence-corrected chi connectivity index (χ0v) is 69.0. The standard InChI is InChI=1S/C74H102N12O30S3/c1-74(23-17-47(90)35-75-56(96)11-5-50(93)38-81(41-68(108)109)62(102)14-8-44(87)32-78-59(99)20-26-84-65(105)29-53(117-2)71(84)114,24-18-48(91)36-76-57(97)12-6-51(94)39-82(42-69(110)111)63(103)15-9-45(88)33-79-60(100)21-27-85-66(106)30-54(118-3)72(85)115)25-19-49(92)37-77-58(98)13-7-52(95)40-83(43-70(112)113)64(104)16-10-46(89)34-80-61(101)22-28-86-67(107)31-55(119-4)73(86)116/h53-55H,5-43H2,1-4H3,(H,75,96)(H,76,97)(H,77,98)(H,78,99)(H,79,100)(H,80,101)(H,108,109)(H,110,111)(H,112,113). The predicted molar refractivity (Wildman–Crippen MR) is 417 cm³/mol.